The highest BCUT2D eigenvalue weighted by molar-refractivity contribution is 7.07. The van der Waals surface area contributed by atoms with Gasteiger partial charge in [-0.2, -0.15) is 11.3 Å². The number of hydrogen-bond donors (Lipinski definition) is 1. The molecule has 3 heteroatoms. The molecule has 1 N–H and O–H groups in total. The van der Waals surface area contributed by atoms with E-state index >= 15 is 0 Å². The zero-order valence-corrected chi connectivity index (χ0v) is 10.4. The molecule has 2 nitrogen and oxygen atoms in total. The second-order valence-corrected chi connectivity index (χ2v) is 5.50. The van der Waals surface area contributed by atoms with Crippen LogP contribution in [-0.4, -0.2) is 31.6 Å². The molecule has 0 aromatic carbocycles. The molecule has 1 aromatic heterocycles. The van der Waals surface area contributed by atoms with Crippen LogP contribution < -0.4 is 5.32 Å². The summed E-state index contributed by atoms with van der Waals surface area (Å²) >= 11 is 1.79. The summed E-state index contributed by atoms with van der Waals surface area (Å²) in [5.41, 5.74) is 1.45. The van der Waals surface area contributed by atoms with E-state index < -0.39 is 0 Å². The van der Waals surface area contributed by atoms with Gasteiger partial charge in [-0.05, 0) is 54.4 Å². The topological polar surface area (TPSA) is 15.3 Å². The van der Waals surface area contributed by atoms with Gasteiger partial charge in [0, 0.05) is 13.1 Å². The van der Waals surface area contributed by atoms with E-state index in [2.05, 4.69) is 41.0 Å². The van der Waals surface area contributed by atoms with Crippen molar-refractivity contribution in [2.24, 2.45) is 11.8 Å². The molecule has 1 aliphatic rings. The Bertz CT molecular complexity index is 280. The summed E-state index contributed by atoms with van der Waals surface area (Å²) in [4.78, 5) is 2.44. The number of rotatable bonds is 5. The Kier molecular flexibility index (Phi) is 3.78. The van der Waals surface area contributed by atoms with Gasteiger partial charge in [-0.25, -0.2) is 0 Å². The van der Waals surface area contributed by atoms with Crippen LogP contribution in [0.3, 0.4) is 0 Å². The number of nitrogens with zero attached hydrogens (tertiary/aromatic N) is 1. The molecule has 0 aliphatic carbocycles. The van der Waals surface area contributed by atoms with Crippen LogP contribution in [0.25, 0.3) is 0 Å². The van der Waals surface area contributed by atoms with Crippen molar-refractivity contribution in [1.29, 1.82) is 0 Å². The maximum atomic E-state index is 3.34. The summed E-state index contributed by atoms with van der Waals surface area (Å²) in [6, 6.07) is 2.22. The second kappa shape index (κ2) is 5.10. The quantitative estimate of drug-likeness (QED) is 0.823. The van der Waals surface area contributed by atoms with Gasteiger partial charge in [-0.15, -0.1) is 0 Å². The van der Waals surface area contributed by atoms with Crippen LogP contribution >= 0.6 is 11.3 Å². The minimum absolute atomic E-state index is 0.815. The van der Waals surface area contributed by atoms with Crippen molar-refractivity contribution < 1.29 is 0 Å². The van der Waals surface area contributed by atoms with E-state index in [0.29, 0.717) is 0 Å². The van der Waals surface area contributed by atoms with E-state index in [1.165, 1.54) is 25.2 Å². The van der Waals surface area contributed by atoms with Gasteiger partial charge >= 0.3 is 0 Å². The standard InChI is InChI=1S/C12H20N2S/c1-10(12-5-13-6-12)7-14(2)8-11-3-4-15-9-11/h3-4,9-10,12-13H,5-8H2,1-2H3. The predicted octanol–water partition coefficient (Wildman–Crippen LogP) is 2.04. The zero-order chi connectivity index (χ0) is 10.7. The molecule has 0 amide bonds. The van der Waals surface area contributed by atoms with E-state index in [-0.39, 0.29) is 0 Å². The fourth-order valence-corrected chi connectivity index (χ4v) is 2.77. The SMILES string of the molecule is CC(CN(C)Cc1ccsc1)C1CNC1. The lowest BCUT2D eigenvalue weighted by molar-refractivity contribution is 0.182. The third-order valence-corrected chi connectivity index (χ3v) is 3.98. The summed E-state index contributed by atoms with van der Waals surface area (Å²) in [6.45, 7) is 7.10. The molecule has 1 aromatic rings. The van der Waals surface area contributed by atoms with Crippen molar-refractivity contribution in [3.63, 3.8) is 0 Å². The first kappa shape index (κ1) is 11.1. The molecule has 1 saturated heterocycles. The van der Waals surface area contributed by atoms with Crippen LogP contribution in [0.1, 0.15) is 12.5 Å². The van der Waals surface area contributed by atoms with Crippen molar-refractivity contribution in [2.75, 3.05) is 26.7 Å². The molecule has 1 aliphatic heterocycles. The number of thiophene rings is 1. The van der Waals surface area contributed by atoms with Gasteiger partial charge < -0.3 is 10.2 Å². The van der Waals surface area contributed by atoms with Gasteiger partial charge in [0.2, 0.25) is 0 Å². The smallest absolute Gasteiger partial charge is 0.0239 e. The molecule has 2 rings (SSSR count). The monoisotopic (exact) mass is 224 g/mol. The highest BCUT2D eigenvalue weighted by atomic mass is 32.1. The molecule has 2 heterocycles. The van der Waals surface area contributed by atoms with E-state index in [9.17, 15) is 0 Å². The van der Waals surface area contributed by atoms with Crippen LogP contribution in [0, 0.1) is 11.8 Å². The van der Waals surface area contributed by atoms with Crippen molar-refractivity contribution in [2.45, 2.75) is 13.5 Å². The normalized spacial score (nSPS) is 19.1. The third-order valence-electron chi connectivity index (χ3n) is 3.25. The lowest BCUT2D eigenvalue weighted by Gasteiger charge is -2.34. The largest absolute Gasteiger partial charge is 0.316 e. The number of hydrogen-bond acceptors (Lipinski definition) is 3. The molecule has 0 bridgehead atoms. The first-order valence-electron chi connectivity index (χ1n) is 5.66. The average molecular weight is 224 g/mol. The summed E-state index contributed by atoms with van der Waals surface area (Å²) < 4.78 is 0. The fraction of sp³-hybridized carbons (Fsp3) is 0.667. The summed E-state index contributed by atoms with van der Waals surface area (Å²) in [5, 5.41) is 7.74. The maximum Gasteiger partial charge on any atom is 0.0239 e. The summed E-state index contributed by atoms with van der Waals surface area (Å²) in [5.74, 6) is 1.71. The van der Waals surface area contributed by atoms with Crippen LogP contribution in [0.15, 0.2) is 16.8 Å². The Morgan fingerprint density at radius 1 is 1.60 bits per heavy atom. The van der Waals surface area contributed by atoms with Crippen LogP contribution in [0.2, 0.25) is 0 Å². The molecule has 0 spiro atoms. The molecule has 0 radical (unpaired) electrons. The van der Waals surface area contributed by atoms with Gasteiger partial charge in [0.05, 0.1) is 0 Å². The zero-order valence-electron chi connectivity index (χ0n) is 9.57. The predicted molar refractivity (Wildman–Crippen MR) is 66.2 cm³/mol. The van der Waals surface area contributed by atoms with Crippen molar-refractivity contribution in [3.8, 4) is 0 Å². The molecule has 84 valence electrons. The molecule has 15 heavy (non-hydrogen) atoms. The first-order chi connectivity index (χ1) is 7.25. The van der Waals surface area contributed by atoms with Crippen LogP contribution in [0.5, 0.6) is 0 Å². The van der Waals surface area contributed by atoms with Crippen molar-refractivity contribution >= 4 is 11.3 Å². The Balaban J connectivity index is 1.74. The minimum atomic E-state index is 0.815. The minimum Gasteiger partial charge on any atom is -0.316 e. The highest BCUT2D eigenvalue weighted by Crippen LogP contribution is 2.17. The van der Waals surface area contributed by atoms with Gasteiger partial charge in [0.15, 0.2) is 0 Å². The lowest BCUT2D eigenvalue weighted by Crippen LogP contribution is -2.47. The second-order valence-electron chi connectivity index (χ2n) is 4.72. The Morgan fingerprint density at radius 3 is 2.93 bits per heavy atom. The third kappa shape index (κ3) is 3.03. The van der Waals surface area contributed by atoms with Gasteiger partial charge in [-0.1, -0.05) is 6.92 Å². The average Bonchev–Trinajstić information content (AvgIpc) is 2.52. The molecule has 1 fully saturated rings. The summed E-state index contributed by atoms with van der Waals surface area (Å²) in [6.07, 6.45) is 0. The molecule has 0 saturated carbocycles. The van der Waals surface area contributed by atoms with Gasteiger partial charge in [-0.3, -0.25) is 0 Å². The molecular weight excluding hydrogens is 204 g/mol. The Labute approximate surface area is 96.3 Å². The van der Waals surface area contributed by atoms with Gasteiger partial charge in [0.25, 0.3) is 0 Å². The Hall–Kier alpha value is -0.380. The maximum absolute atomic E-state index is 3.34. The number of nitrogens with one attached hydrogen (secondary N) is 1. The van der Waals surface area contributed by atoms with E-state index in [4.69, 9.17) is 0 Å². The Morgan fingerprint density at radius 2 is 2.40 bits per heavy atom. The molecule has 1 unspecified atom stereocenters. The fourth-order valence-electron chi connectivity index (χ4n) is 2.11. The summed E-state index contributed by atoms with van der Waals surface area (Å²) in [7, 11) is 2.22. The highest BCUT2D eigenvalue weighted by Gasteiger charge is 2.24. The van der Waals surface area contributed by atoms with Crippen LogP contribution in [-0.2, 0) is 6.54 Å². The van der Waals surface area contributed by atoms with Crippen molar-refractivity contribution in [3.05, 3.63) is 22.4 Å². The van der Waals surface area contributed by atoms with Gasteiger partial charge in [0.1, 0.15) is 0 Å². The lowest BCUT2D eigenvalue weighted by atomic mass is 9.88. The van der Waals surface area contributed by atoms with E-state index in [1.54, 1.807) is 11.3 Å². The van der Waals surface area contributed by atoms with E-state index in [1.807, 2.05) is 0 Å². The molecular formula is C12H20N2S. The first-order valence-corrected chi connectivity index (χ1v) is 6.60. The van der Waals surface area contributed by atoms with Crippen molar-refractivity contribution in [1.82, 2.24) is 10.2 Å². The van der Waals surface area contributed by atoms with Crippen LogP contribution in [0.4, 0.5) is 0 Å². The van der Waals surface area contributed by atoms with E-state index in [0.717, 1.165) is 18.4 Å². The molecule has 1 atom stereocenters.